The molecule has 1 N–H and O–H groups in total. The van der Waals surface area contributed by atoms with Gasteiger partial charge in [0.25, 0.3) is 5.91 Å². The summed E-state index contributed by atoms with van der Waals surface area (Å²) in [4.78, 5) is 29.8. The Bertz CT molecular complexity index is 501. The first-order valence-electron chi connectivity index (χ1n) is 7.77. The second kappa shape index (κ2) is 9.22. The van der Waals surface area contributed by atoms with Gasteiger partial charge in [-0.25, -0.2) is 0 Å². The average Bonchev–Trinajstić information content (AvgIpc) is 2.60. The lowest BCUT2D eigenvalue weighted by Gasteiger charge is -2.32. The van der Waals surface area contributed by atoms with Crippen molar-refractivity contribution < 1.29 is 19.1 Å². The first-order valence-corrected chi connectivity index (χ1v) is 7.77. The van der Waals surface area contributed by atoms with Crippen LogP contribution in [0.15, 0.2) is 24.4 Å². The van der Waals surface area contributed by atoms with Crippen LogP contribution in [0.2, 0.25) is 0 Å². The molecule has 1 aromatic rings. The Morgan fingerprint density at radius 2 is 2.09 bits per heavy atom. The smallest absolute Gasteiger partial charge is 0.270 e. The Morgan fingerprint density at radius 3 is 2.74 bits per heavy atom. The molecule has 7 heteroatoms. The number of methoxy groups -OCH3 is 1. The summed E-state index contributed by atoms with van der Waals surface area (Å²) in [6.07, 6.45) is 3.07. The molecule has 0 radical (unpaired) electrons. The topological polar surface area (TPSA) is 80.8 Å². The van der Waals surface area contributed by atoms with Crippen molar-refractivity contribution in [3.8, 4) is 0 Å². The molecule has 2 amide bonds. The van der Waals surface area contributed by atoms with Gasteiger partial charge in [-0.15, -0.1) is 0 Å². The van der Waals surface area contributed by atoms with Crippen molar-refractivity contribution in [3.63, 3.8) is 0 Å². The molecule has 7 nitrogen and oxygen atoms in total. The molecule has 0 saturated carbocycles. The number of nitrogens with zero attached hydrogens (tertiary/aromatic N) is 2. The highest BCUT2D eigenvalue weighted by molar-refractivity contribution is 5.92. The first kappa shape index (κ1) is 17.4. The molecule has 0 aromatic carbocycles. The van der Waals surface area contributed by atoms with Crippen LogP contribution < -0.4 is 5.32 Å². The highest BCUT2D eigenvalue weighted by Gasteiger charge is 2.24. The van der Waals surface area contributed by atoms with Gasteiger partial charge in [-0.1, -0.05) is 6.07 Å². The Balaban J connectivity index is 1.69. The number of carbonyl (C=O) groups excluding carboxylic acids is 2. The second-order valence-electron chi connectivity index (χ2n) is 5.39. The molecule has 126 valence electrons. The number of aromatic nitrogens is 1. The predicted octanol–water partition coefficient (Wildman–Crippen LogP) is 0.465. The summed E-state index contributed by atoms with van der Waals surface area (Å²) < 4.78 is 10.1. The number of nitrogens with one attached hydrogen (secondary N) is 1. The molecule has 0 unspecified atom stereocenters. The monoisotopic (exact) mass is 321 g/mol. The van der Waals surface area contributed by atoms with Gasteiger partial charge in [0.2, 0.25) is 5.91 Å². The minimum atomic E-state index is -0.168. The maximum Gasteiger partial charge on any atom is 0.270 e. The molecule has 2 rings (SSSR count). The van der Waals surface area contributed by atoms with Crippen LogP contribution in [0.5, 0.6) is 0 Å². The maximum absolute atomic E-state index is 12.0. The van der Waals surface area contributed by atoms with Gasteiger partial charge < -0.3 is 19.7 Å². The van der Waals surface area contributed by atoms with Crippen LogP contribution in [-0.2, 0) is 14.3 Å². The maximum atomic E-state index is 12.0. The fraction of sp³-hybridized carbons (Fsp3) is 0.562. The van der Waals surface area contributed by atoms with E-state index in [0.29, 0.717) is 32.0 Å². The SMILES string of the molecule is COCCOCC(=O)N1CCC(NC(=O)c2ccccn2)CC1. The third-order valence-electron chi connectivity index (χ3n) is 3.74. The Kier molecular flexibility index (Phi) is 6.96. The average molecular weight is 321 g/mol. The van der Waals surface area contributed by atoms with Crippen molar-refractivity contribution >= 4 is 11.8 Å². The number of ether oxygens (including phenoxy) is 2. The van der Waals surface area contributed by atoms with Crippen molar-refractivity contribution in [2.75, 3.05) is 40.0 Å². The van der Waals surface area contributed by atoms with Gasteiger partial charge in [-0.2, -0.15) is 0 Å². The molecular weight excluding hydrogens is 298 g/mol. The standard InChI is InChI=1S/C16H23N3O4/c1-22-10-11-23-12-15(20)19-8-5-13(6-9-19)18-16(21)14-4-2-3-7-17-14/h2-4,7,13H,5-6,8-12H2,1H3,(H,18,21). The van der Waals surface area contributed by atoms with Gasteiger partial charge >= 0.3 is 0 Å². The van der Waals surface area contributed by atoms with Gasteiger partial charge in [0, 0.05) is 32.4 Å². The van der Waals surface area contributed by atoms with Gasteiger partial charge in [-0.3, -0.25) is 14.6 Å². The van der Waals surface area contributed by atoms with E-state index in [4.69, 9.17) is 9.47 Å². The molecule has 0 aliphatic carbocycles. The van der Waals surface area contributed by atoms with Crippen molar-refractivity contribution in [1.82, 2.24) is 15.2 Å². The normalized spacial score (nSPS) is 15.4. The fourth-order valence-corrected chi connectivity index (χ4v) is 2.42. The third-order valence-corrected chi connectivity index (χ3v) is 3.74. The number of hydrogen-bond acceptors (Lipinski definition) is 5. The van der Waals surface area contributed by atoms with Gasteiger partial charge in [0.15, 0.2) is 0 Å². The number of hydrogen-bond donors (Lipinski definition) is 1. The molecular formula is C16H23N3O4. The lowest BCUT2D eigenvalue weighted by molar-refractivity contribution is -0.137. The first-order chi connectivity index (χ1) is 11.2. The van der Waals surface area contributed by atoms with E-state index in [1.807, 2.05) is 0 Å². The summed E-state index contributed by atoms with van der Waals surface area (Å²) in [5, 5.41) is 2.97. The summed E-state index contributed by atoms with van der Waals surface area (Å²) in [5.41, 5.74) is 0.414. The van der Waals surface area contributed by atoms with E-state index >= 15 is 0 Å². The predicted molar refractivity (Wildman–Crippen MR) is 84.0 cm³/mol. The minimum absolute atomic E-state index is 0.0180. The highest BCUT2D eigenvalue weighted by Crippen LogP contribution is 2.11. The quantitative estimate of drug-likeness (QED) is 0.738. The van der Waals surface area contributed by atoms with Crippen LogP contribution in [0.1, 0.15) is 23.3 Å². The number of pyridine rings is 1. The third kappa shape index (κ3) is 5.61. The Morgan fingerprint density at radius 1 is 1.30 bits per heavy atom. The summed E-state index contributed by atoms with van der Waals surface area (Å²) in [5.74, 6) is -0.186. The zero-order valence-electron chi connectivity index (χ0n) is 13.4. The van der Waals surface area contributed by atoms with Crippen LogP contribution in [0.4, 0.5) is 0 Å². The Labute approximate surface area is 136 Å². The zero-order chi connectivity index (χ0) is 16.5. The summed E-state index contributed by atoms with van der Waals surface area (Å²) in [6, 6.07) is 5.32. The molecule has 1 fully saturated rings. The summed E-state index contributed by atoms with van der Waals surface area (Å²) in [6.45, 7) is 2.22. The van der Waals surface area contributed by atoms with Crippen LogP contribution in [0, 0.1) is 0 Å². The highest BCUT2D eigenvalue weighted by atomic mass is 16.5. The molecule has 23 heavy (non-hydrogen) atoms. The molecule has 0 atom stereocenters. The summed E-state index contributed by atoms with van der Waals surface area (Å²) in [7, 11) is 1.59. The molecule has 1 aliphatic rings. The largest absolute Gasteiger partial charge is 0.382 e. The minimum Gasteiger partial charge on any atom is -0.382 e. The molecule has 0 bridgehead atoms. The fourth-order valence-electron chi connectivity index (χ4n) is 2.42. The Hall–Kier alpha value is -1.99. The van der Waals surface area contributed by atoms with Crippen LogP contribution in [0.3, 0.4) is 0 Å². The van der Waals surface area contributed by atoms with Crippen molar-refractivity contribution in [2.24, 2.45) is 0 Å². The lowest BCUT2D eigenvalue weighted by atomic mass is 10.0. The number of likely N-dealkylation sites (tertiary alicyclic amines) is 1. The van der Waals surface area contributed by atoms with E-state index < -0.39 is 0 Å². The van der Waals surface area contributed by atoms with Crippen LogP contribution >= 0.6 is 0 Å². The molecule has 0 spiro atoms. The molecule has 2 heterocycles. The van der Waals surface area contributed by atoms with Gasteiger partial charge in [0.1, 0.15) is 12.3 Å². The van der Waals surface area contributed by atoms with E-state index in [2.05, 4.69) is 10.3 Å². The second-order valence-corrected chi connectivity index (χ2v) is 5.39. The molecule has 1 aromatic heterocycles. The van der Waals surface area contributed by atoms with Crippen LogP contribution in [0.25, 0.3) is 0 Å². The molecule has 1 aliphatic heterocycles. The number of amides is 2. The van der Waals surface area contributed by atoms with Crippen LogP contribution in [-0.4, -0.2) is 67.8 Å². The van der Waals surface area contributed by atoms with Crippen molar-refractivity contribution in [2.45, 2.75) is 18.9 Å². The number of rotatable bonds is 7. The van der Waals surface area contributed by atoms with Gasteiger partial charge in [0.05, 0.1) is 13.2 Å². The van der Waals surface area contributed by atoms with E-state index in [1.165, 1.54) is 0 Å². The van der Waals surface area contributed by atoms with E-state index in [0.717, 1.165) is 12.8 Å². The van der Waals surface area contributed by atoms with E-state index in [9.17, 15) is 9.59 Å². The number of piperidine rings is 1. The number of carbonyl (C=O) groups is 2. The molecule has 1 saturated heterocycles. The van der Waals surface area contributed by atoms with Gasteiger partial charge in [-0.05, 0) is 25.0 Å². The van der Waals surface area contributed by atoms with Crippen molar-refractivity contribution in [3.05, 3.63) is 30.1 Å². The van der Waals surface area contributed by atoms with E-state index in [-0.39, 0.29) is 24.5 Å². The summed E-state index contributed by atoms with van der Waals surface area (Å²) >= 11 is 0. The zero-order valence-corrected chi connectivity index (χ0v) is 13.4. The lowest BCUT2D eigenvalue weighted by Crippen LogP contribution is -2.47. The van der Waals surface area contributed by atoms with Crippen molar-refractivity contribution in [1.29, 1.82) is 0 Å². The van der Waals surface area contributed by atoms with E-state index in [1.54, 1.807) is 36.4 Å².